The molecule has 1 aliphatic heterocycles. The number of rotatable bonds is 3. The predicted molar refractivity (Wildman–Crippen MR) is 80.0 cm³/mol. The zero-order chi connectivity index (χ0) is 16.2. The second-order valence-electron chi connectivity index (χ2n) is 5.43. The highest BCUT2D eigenvalue weighted by Gasteiger charge is 2.33. The molecule has 1 amide bonds. The van der Waals surface area contributed by atoms with Crippen LogP contribution in [0.25, 0.3) is 0 Å². The van der Waals surface area contributed by atoms with Gasteiger partial charge in [0.05, 0.1) is 17.1 Å². The molecule has 122 valence electrons. The van der Waals surface area contributed by atoms with Gasteiger partial charge in [-0.05, 0) is 44.1 Å². The van der Waals surface area contributed by atoms with E-state index in [2.05, 4.69) is 5.32 Å². The largest absolute Gasteiger partial charge is 0.417 e. The van der Waals surface area contributed by atoms with E-state index in [1.165, 1.54) is 6.07 Å². The van der Waals surface area contributed by atoms with E-state index in [0.717, 1.165) is 50.9 Å². The summed E-state index contributed by atoms with van der Waals surface area (Å²) < 4.78 is 38.3. The van der Waals surface area contributed by atoms with Gasteiger partial charge in [0, 0.05) is 5.69 Å². The van der Waals surface area contributed by atoms with Crippen molar-refractivity contribution in [3.8, 4) is 0 Å². The van der Waals surface area contributed by atoms with Crippen LogP contribution in [-0.4, -0.2) is 30.4 Å². The van der Waals surface area contributed by atoms with Crippen LogP contribution >= 0.6 is 11.6 Å². The lowest BCUT2D eigenvalue weighted by molar-refractivity contribution is -0.137. The van der Waals surface area contributed by atoms with Gasteiger partial charge in [-0.2, -0.15) is 13.2 Å². The summed E-state index contributed by atoms with van der Waals surface area (Å²) in [7, 11) is 0. The second-order valence-corrected chi connectivity index (χ2v) is 5.84. The van der Waals surface area contributed by atoms with Gasteiger partial charge in [-0.3, -0.25) is 9.69 Å². The molecule has 0 spiro atoms. The minimum atomic E-state index is -4.54. The quantitative estimate of drug-likeness (QED) is 0.899. The highest BCUT2D eigenvalue weighted by atomic mass is 35.5. The molecule has 0 radical (unpaired) electrons. The van der Waals surface area contributed by atoms with Gasteiger partial charge in [0.1, 0.15) is 0 Å². The smallest absolute Gasteiger partial charge is 0.325 e. The van der Waals surface area contributed by atoms with Crippen molar-refractivity contribution >= 4 is 23.2 Å². The Kier molecular flexibility index (Phi) is 5.69. The Balaban J connectivity index is 1.99. The maximum Gasteiger partial charge on any atom is 0.417 e. The molecule has 0 bridgehead atoms. The Morgan fingerprint density at radius 1 is 1.18 bits per heavy atom. The average Bonchev–Trinajstić information content (AvgIpc) is 2.68. The van der Waals surface area contributed by atoms with Crippen LogP contribution in [0.1, 0.15) is 31.2 Å². The van der Waals surface area contributed by atoms with Crippen LogP contribution in [0.5, 0.6) is 0 Å². The molecule has 0 atom stereocenters. The predicted octanol–water partition coefficient (Wildman–Crippen LogP) is 4.17. The number of hydrogen-bond donors (Lipinski definition) is 1. The number of carbonyl (C=O) groups is 1. The first kappa shape index (κ1) is 17.1. The second kappa shape index (κ2) is 7.33. The normalized spacial score (nSPS) is 17.1. The number of benzene rings is 1. The maximum atomic E-state index is 12.8. The van der Waals surface area contributed by atoms with Gasteiger partial charge in [0.25, 0.3) is 0 Å². The van der Waals surface area contributed by atoms with E-state index in [0.29, 0.717) is 0 Å². The number of likely N-dealkylation sites (tertiary alicyclic amines) is 1. The molecule has 3 nitrogen and oxygen atoms in total. The van der Waals surface area contributed by atoms with E-state index in [1.807, 2.05) is 4.90 Å². The summed E-state index contributed by atoms with van der Waals surface area (Å²) in [5.41, 5.74) is -0.835. The first-order chi connectivity index (χ1) is 10.4. The van der Waals surface area contributed by atoms with Crippen LogP contribution in [0, 0.1) is 0 Å². The lowest BCUT2D eigenvalue weighted by Crippen LogP contribution is -2.33. The van der Waals surface area contributed by atoms with E-state index in [1.54, 1.807) is 0 Å². The fraction of sp³-hybridized carbons (Fsp3) is 0.533. The number of amides is 1. The Morgan fingerprint density at radius 2 is 1.82 bits per heavy atom. The zero-order valence-corrected chi connectivity index (χ0v) is 12.8. The highest BCUT2D eigenvalue weighted by molar-refractivity contribution is 6.31. The lowest BCUT2D eigenvalue weighted by Gasteiger charge is -2.19. The van der Waals surface area contributed by atoms with E-state index in [4.69, 9.17) is 11.6 Å². The molecule has 1 aliphatic rings. The molecule has 1 aromatic rings. The summed E-state index contributed by atoms with van der Waals surface area (Å²) in [4.78, 5) is 14.0. The standard InChI is InChI=1S/C15H18ClF3N2O/c16-13-6-5-11(9-12(13)15(17,18)19)20-14(22)10-21-7-3-1-2-4-8-21/h5-6,9H,1-4,7-8,10H2,(H,20,22). The molecular formula is C15H18ClF3N2O. The molecule has 0 aliphatic carbocycles. The first-order valence-electron chi connectivity index (χ1n) is 7.25. The van der Waals surface area contributed by atoms with Gasteiger partial charge in [-0.15, -0.1) is 0 Å². The molecule has 0 aromatic heterocycles. The fourth-order valence-corrected chi connectivity index (χ4v) is 2.74. The molecule has 0 saturated carbocycles. The molecule has 2 rings (SSSR count). The molecule has 1 fully saturated rings. The minimum Gasteiger partial charge on any atom is -0.325 e. The summed E-state index contributed by atoms with van der Waals surface area (Å²) in [6.07, 6.45) is -0.129. The fourth-order valence-electron chi connectivity index (χ4n) is 2.52. The van der Waals surface area contributed by atoms with Crippen molar-refractivity contribution in [2.45, 2.75) is 31.9 Å². The third-order valence-electron chi connectivity index (χ3n) is 3.62. The molecule has 1 N–H and O–H groups in total. The Hall–Kier alpha value is -1.27. The number of carbonyl (C=O) groups excluding carboxylic acids is 1. The monoisotopic (exact) mass is 334 g/mol. The third kappa shape index (κ3) is 4.88. The topological polar surface area (TPSA) is 32.3 Å². The van der Waals surface area contributed by atoms with Crippen LogP contribution in [0.3, 0.4) is 0 Å². The summed E-state index contributed by atoms with van der Waals surface area (Å²) in [6.45, 7) is 1.90. The van der Waals surface area contributed by atoms with Crippen LogP contribution in [0.4, 0.5) is 18.9 Å². The van der Waals surface area contributed by atoms with Gasteiger partial charge < -0.3 is 5.32 Å². The van der Waals surface area contributed by atoms with Crippen LogP contribution in [0.15, 0.2) is 18.2 Å². The van der Waals surface area contributed by atoms with Gasteiger partial charge in [0.15, 0.2) is 0 Å². The van der Waals surface area contributed by atoms with Crippen molar-refractivity contribution in [1.82, 2.24) is 4.90 Å². The van der Waals surface area contributed by atoms with E-state index < -0.39 is 11.7 Å². The zero-order valence-electron chi connectivity index (χ0n) is 12.0. The van der Waals surface area contributed by atoms with Gasteiger partial charge >= 0.3 is 6.18 Å². The average molecular weight is 335 g/mol. The van der Waals surface area contributed by atoms with E-state index >= 15 is 0 Å². The van der Waals surface area contributed by atoms with E-state index in [9.17, 15) is 18.0 Å². The molecular weight excluding hydrogens is 317 g/mol. The molecule has 0 unspecified atom stereocenters. The SMILES string of the molecule is O=C(CN1CCCCCC1)Nc1ccc(Cl)c(C(F)(F)F)c1. The minimum absolute atomic E-state index is 0.108. The summed E-state index contributed by atoms with van der Waals surface area (Å²) in [5, 5.41) is 2.13. The first-order valence-corrected chi connectivity index (χ1v) is 7.63. The van der Waals surface area contributed by atoms with Crippen molar-refractivity contribution < 1.29 is 18.0 Å². The highest BCUT2D eigenvalue weighted by Crippen LogP contribution is 2.36. The van der Waals surface area contributed by atoms with Crippen molar-refractivity contribution in [2.24, 2.45) is 0 Å². The van der Waals surface area contributed by atoms with Gasteiger partial charge in [0.2, 0.25) is 5.91 Å². The van der Waals surface area contributed by atoms with Crippen molar-refractivity contribution in [3.63, 3.8) is 0 Å². The van der Waals surface area contributed by atoms with Crippen molar-refractivity contribution in [3.05, 3.63) is 28.8 Å². The van der Waals surface area contributed by atoms with Crippen LogP contribution < -0.4 is 5.32 Å². The summed E-state index contributed by atoms with van der Waals surface area (Å²) >= 11 is 5.55. The molecule has 7 heteroatoms. The summed E-state index contributed by atoms with van der Waals surface area (Å²) in [5.74, 6) is -0.308. The van der Waals surface area contributed by atoms with Crippen molar-refractivity contribution in [1.29, 1.82) is 0 Å². The number of nitrogens with zero attached hydrogens (tertiary/aromatic N) is 1. The molecule has 1 heterocycles. The Bertz CT molecular complexity index is 526. The Morgan fingerprint density at radius 3 is 2.41 bits per heavy atom. The molecule has 1 aromatic carbocycles. The lowest BCUT2D eigenvalue weighted by atomic mass is 10.2. The van der Waals surface area contributed by atoms with Gasteiger partial charge in [-0.1, -0.05) is 24.4 Å². The number of alkyl halides is 3. The number of halogens is 4. The van der Waals surface area contributed by atoms with Crippen LogP contribution in [0.2, 0.25) is 5.02 Å². The third-order valence-corrected chi connectivity index (χ3v) is 3.95. The molecule has 22 heavy (non-hydrogen) atoms. The number of nitrogens with one attached hydrogen (secondary N) is 1. The molecule has 1 saturated heterocycles. The Labute approximate surface area is 132 Å². The summed E-state index contributed by atoms with van der Waals surface area (Å²) in [6, 6.07) is 3.38. The van der Waals surface area contributed by atoms with E-state index in [-0.39, 0.29) is 23.2 Å². The maximum absolute atomic E-state index is 12.8. The van der Waals surface area contributed by atoms with Crippen molar-refractivity contribution in [2.75, 3.05) is 25.0 Å². The number of hydrogen-bond acceptors (Lipinski definition) is 2. The van der Waals surface area contributed by atoms with Crippen LogP contribution in [-0.2, 0) is 11.0 Å². The van der Waals surface area contributed by atoms with Gasteiger partial charge in [-0.25, -0.2) is 0 Å². The number of anilines is 1.